The maximum Gasteiger partial charge on any atom is 0.272 e. The Hall–Kier alpha value is -1.27. The molecule has 4 nitrogen and oxygen atoms in total. The lowest BCUT2D eigenvalue weighted by atomic mass is 10.2. The van der Waals surface area contributed by atoms with Crippen LogP contribution in [0.25, 0.3) is 0 Å². The van der Waals surface area contributed by atoms with E-state index in [-0.39, 0.29) is 22.3 Å². The first-order valence-corrected chi connectivity index (χ1v) is 7.09. The molecule has 1 N–H and O–H groups in total. The van der Waals surface area contributed by atoms with Gasteiger partial charge in [-0.1, -0.05) is 47.1 Å². The lowest BCUT2D eigenvalue weighted by Crippen LogP contribution is -1.89. The number of non-ortho nitro benzene ring substituents is 1. The number of aliphatic hydroxyl groups is 1. The fourth-order valence-corrected chi connectivity index (χ4v) is 3.06. The molecular formula is C13H9Cl2NO3S. The summed E-state index contributed by atoms with van der Waals surface area (Å²) >= 11 is 13.4. The molecule has 20 heavy (non-hydrogen) atoms. The van der Waals surface area contributed by atoms with E-state index in [1.165, 1.54) is 23.9 Å². The van der Waals surface area contributed by atoms with Crippen molar-refractivity contribution in [2.75, 3.05) is 0 Å². The van der Waals surface area contributed by atoms with Crippen LogP contribution in [0.3, 0.4) is 0 Å². The Kier molecular flexibility index (Phi) is 4.88. The van der Waals surface area contributed by atoms with Gasteiger partial charge in [0.2, 0.25) is 0 Å². The topological polar surface area (TPSA) is 63.4 Å². The van der Waals surface area contributed by atoms with Crippen molar-refractivity contribution in [3.05, 3.63) is 62.1 Å². The van der Waals surface area contributed by atoms with E-state index in [1.807, 2.05) is 12.1 Å². The zero-order valence-corrected chi connectivity index (χ0v) is 12.4. The molecule has 2 aromatic carbocycles. The SMILES string of the molecule is O=[N+]([O-])c1cc(Cl)c(Sc2ccc(CO)cc2)c(Cl)c1. The van der Waals surface area contributed by atoms with E-state index in [0.717, 1.165) is 10.5 Å². The van der Waals surface area contributed by atoms with E-state index >= 15 is 0 Å². The maximum atomic E-state index is 10.7. The second-order valence-corrected chi connectivity index (χ2v) is 5.80. The highest BCUT2D eigenvalue weighted by Gasteiger charge is 2.15. The molecule has 7 heteroatoms. The molecule has 0 aliphatic rings. The molecule has 0 aromatic heterocycles. The molecule has 2 rings (SSSR count). The number of hydrogen-bond acceptors (Lipinski definition) is 4. The largest absolute Gasteiger partial charge is 0.392 e. The van der Waals surface area contributed by atoms with Gasteiger partial charge in [-0.3, -0.25) is 10.1 Å². The average molecular weight is 330 g/mol. The molecule has 0 aliphatic carbocycles. The van der Waals surface area contributed by atoms with Gasteiger partial charge in [0.05, 0.1) is 21.6 Å². The van der Waals surface area contributed by atoms with Gasteiger partial charge in [0.15, 0.2) is 0 Å². The lowest BCUT2D eigenvalue weighted by Gasteiger charge is -2.07. The van der Waals surface area contributed by atoms with E-state index in [9.17, 15) is 10.1 Å². The van der Waals surface area contributed by atoms with Crippen LogP contribution in [0.1, 0.15) is 5.56 Å². The second-order valence-electron chi connectivity index (χ2n) is 3.90. The summed E-state index contributed by atoms with van der Waals surface area (Å²) in [6, 6.07) is 9.77. The number of hydrogen-bond donors (Lipinski definition) is 1. The molecule has 104 valence electrons. The number of nitrogens with zero attached hydrogens (tertiary/aromatic N) is 1. The van der Waals surface area contributed by atoms with E-state index < -0.39 is 4.92 Å². The molecule has 2 aromatic rings. The first kappa shape index (κ1) is 15.1. The highest BCUT2D eigenvalue weighted by molar-refractivity contribution is 7.99. The zero-order valence-electron chi connectivity index (χ0n) is 10.0. The van der Waals surface area contributed by atoms with Crippen molar-refractivity contribution in [3.63, 3.8) is 0 Å². The van der Waals surface area contributed by atoms with Gasteiger partial charge in [-0.2, -0.15) is 0 Å². The highest BCUT2D eigenvalue weighted by atomic mass is 35.5. The summed E-state index contributed by atoms with van der Waals surface area (Å²) in [6.07, 6.45) is 0. The molecule has 0 fully saturated rings. The molecule has 0 aliphatic heterocycles. The Morgan fingerprint density at radius 2 is 1.70 bits per heavy atom. The fourth-order valence-electron chi connectivity index (χ4n) is 1.53. The van der Waals surface area contributed by atoms with Gasteiger partial charge >= 0.3 is 0 Å². The molecular weight excluding hydrogens is 321 g/mol. The number of aliphatic hydroxyl groups excluding tert-OH is 1. The number of benzene rings is 2. The van der Waals surface area contributed by atoms with Crippen molar-refractivity contribution >= 4 is 40.7 Å². The summed E-state index contributed by atoms with van der Waals surface area (Å²) in [4.78, 5) is 11.6. The van der Waals surface area contributed by atoms with Gasteiger partial charge in [0.25, 0.3) is 5.69 Å². The number of halogens is 2. The highest BCUT2D eigenvalue weighted by Crippen LogP contribution is 2.40. The van der Waals surface area contributed by atoms with Crippen LogP contribution >= 0.6 is 35.0 Å². The zero-order chi connectivity index (χ0) is 14.7. The third kappa shape index (κ3) is 3.43. The van der Waals surface area contributed by atoms with Crippen molar-refractivity contribution in [1.29, 1.82) is 0 Å². The molecule has 0 amide bonds. The Morgan fingerprint density at radius 3 is 2.15 bits per heavy atom. The van der Waals surface area contributed by atoms with E-state index in [2.05, 4.69) is 0 Å². The minimum Gasteiger partial charge on any atom is -0.392 e. The Balaban J connectivity index is 2.30. The smallest absolute Gasteiger partial charge is 0.272 e. The van der Waals surface area contributed by atoms with Crippen LogP contribution in [0.15, 0.2) is 46.2 Å². The standard InChI is InChI=1S/C13H9Cl2NO3S/c14-11-5-9(16(18)19)6-12(15)13(11)20-10-3-1-8(7-17)2-4-10/h1-6,17H,7H2. The molecule has 0 unspecified atom stereocenters. The summed E-state index contributed by atoms with van der Waals surface area (Å²) in [6.45, 7) is -0.0238. The van der Waals surface area contributed by atoms with Gasteiger partial charge in [0, 0.05) is 21.9 Å². The third-order valence-corrected chi connectivity index (χ3v) is 4.49. The summed E-state index contributed by atoms with van der Waals surface area (Å²) in [7, 11) is 0. The van der Waals surface area contributed by atoms with Crippen LogP contribution in [0.4, 0.5) is 5.69 Å². The van der Waals surface area contributed by atoms with Crippen LogP contribution in [0.2, 0.25) is 10.0 Å². The van der Waals surface area contributed by atoms with Gasteiger partial charge < -0.3 is 5.11 Å². The van der Waals surface area contributed by atoms with Crippen molar-refractivity contribution in [2.45, 2.75) is 16.4 Å². The molecule has 0 saturated heterocycles. The summed E-state index contributed by atoms with van der Waals surface area (Å²) in [5, 5.41) is 20.2. The van der Waals surface area contributed by atoms with E-state index in [4.69, 9.17) is 28.3 Å². The molecule has 0 heterocycles. The van der Waals surface area contributed by atoms with Crippen LogP contribution in [0, 0.1) is 10.1 Å². The van der Waals surface area contributed by atoms with Crippen LogP contribution in [0.5, 0.6) is 0 Å². The maximum absolute atomic E-state index is 10.7. The monoisotopic (exact) mass is 329 g/mol. The van der Waals surface area contributed by atoms with E-state index in [0.29, 0.717) is 4.90 Å². The molecule has 0 bridgehead atoms. The molecule has 0 atom stereocenters. The van der Waals surface area contributed by atoms with Crippen LogP contribution in [-0.4, -0.2) is 10.0 Å². The van der Waals surface area contributed by atoms with Crippen LogP contribution in [-0.2, 0) is 6.61 Å². The second kappa shape index (κ2) is 6.45. The van der Waals surface area contributed by atoms with Crippen molar-refractivity contribution in [2.24, 2.45) is 0 Å². The van der Waals surface area contributed by atoms with Gasteiger partial charge in [-0.05, 0) is 17.7 Å². The molecule has 0 radical (unpaired) electrons. The number of nitro benzene ring substituents is 1. The van der Waals surface area contributed by atoms with Crippen molar-refractivity contribution in [1.82, 2.24) is 0 Å². The van der Waals surface area contributed by atoms with Gasteiger partial charge in [-0.25, -0.2) is 0 Å². The first-order valence-electron chi connectivity index (χ1n) is 5.52. The van der Waals surface area contributed by atoms with Crippen molar-refractivity contribution in [3.8, 4) is 0 Å². The van der Waals surface area contributed by atoms with Gasteiger partial charge in [-0.15, -0.1) is 0 Å². The quantitative estimate of drug-likeness (QED) is 0.660. The molecule has 0 spiro atoms. The Bertz CT molecular complexity index is 624. The predicted molar refractivity (Wildman–Crippen MR) is 79.6 cm³/mol. The Labute approximate surface area is 129 Å². The number of nitro groups is 1. The van der Waals surface area contributed by atoms with Gasteiger partial charge in [0.1, 0.15) is 0 Å². The minimum atomic E-state index is -0.539. The van der Waals surface area contributed by atoms with E-state index in [1.54, 1.807) is 12.1 Å². The lowest BCUT2D eigenvalue weighted by molar-refractivity contribution is -0.384. The van der Waals surface area contributed by atoms with Crippen molar-refractivity contribution < 1.29 is 10.0 Å². The third-order valence-electron chi connectivity index (χ3n) is 2.52. The Morgan fingerprint density at radius 1 is 1.15 bits per heavy atom. The van der Waals surface area contributed by atoms with Crippen LogP contribution < -0.4 is 0 Å². The normalized spacial score (nSPS) is 10.6. The fraction of sp³-hybridized carbons (Fsp3) is 0.0769. The number of rotatable bonds is 4. The summed E-state index contributed by atoms with van der Waals surface area (Å²) in [5.41, 5.74) is 0.662. The molecule has 0 saturated carbocycles. The average Bonchev–Trinajstić information content (AvgIpc) is 2.43. The summed E-state index contributed by atoms with van der Waals surface area (Å²) in [5.74, 6) is 0. The summed E-state index contributed by atoms with van der Waals surface area (Å²) < 4.78 is 0. The minimum absolute atomic E-state index is 0.0238. The first-order chi connectivity index (χ1) is 9.51. The predicted octanol–water partition coefficient (Wildman–Crippen LogP) is 4.55.